The van der Waals surface area contributed by atoms with Crippen molar-refractivity contribution in [2.45, 2.75) is 13.5 Å². The maximum Gasteiger partial charge on any atom is 0.0610 e. The van der Waals surface area contributed by atoms with Crippen molar-refractivity contribution in [3.05, 3.63) is 30.1 Å². The van der Waals surface area contributed by atoms with Crippen molar-refractivity contribution in [3.63, 3.8) is 0 Å². The number of allylic oxidation sites excluding steroid dienone is 1. The molecule has 1 aromatic rings. The maximum atomic E-state index is 8.69. The number of aliphatic hydroxyl groups excluding tert-OH is 1. The first-order chi connectivity index (χ1) is 5.38. The zero-order chi connectivity index (χ0) is 8.10. The van der Waals surface area contributed by atoms with Crippen molar-refractivity contribution in [1.29, 1.82) is 0 Å². The van der Waals surface area contributed by atoms with E-state index in [-0.39, 0.29) is 6.61 Å². The molecule has 1 aromatic heterocycles. The Kier molecular flexibility index (Phi) is 2.93. The minimum Gasteiger partial charge on any atom is -0.395 e. The molecule has 0 atom stereocenters. The van der Waals surface area contributed by atoms with E-state index in [0.29, 0.717) is 6.54 Å². The van der Waals surface area contributed by atoms with Crippen molar-refractivity contribution < 1.29 is 5.11 Å². The Morgan fingerprint density at radius 2 is 2.45 bits per heavy atom. The van der Waals surface area contributed by atoms with Gasteiger partial charge in [-0.3, -0.25) is 0 Å². The topological polar surface area (TPSA) is 25.2 Å². The van der Waals surface area contributed by atoms with Gasteiger partial charge in [0.25, 0.3) is 0 Å². The van der Waals surface area contributed by atoms with Crippen molar-refractivity contribution >= 4 is 6.08 Å². The van der Waals surface area contributed by atoms with Gasteiger partial charge >= 0.3 is 0 Å². The second-order valence-corrected chi connectivity index (χ2v) is 2.35. The SMILES string of the molecule is C/C=C/c1cccn1CCO. The highest BCUT2D eigenvalue weighted by molar-refractivity contribution is 5.44. The quantitative estimate of drug-likeness (QED) is 0.696. The third-order valence-corrected chi connectivity index (χ3v) is 1.54. The summed E-state index contributed by atoms with van der Waals surface area (Å²) in [5, 5.41) is 8.69. The summed E-state index contributed by atoms with van der Waals surface area (Å²) in [4.78, 5) is 0. The van der Waals surface area contributed by atoms with Crippen LogP contribution in [0.5, 0.6) is 0 Å². The molecule has 2 heteroatoms. The van der Waals surface area contributed by atoms with E-state index in [1.54, 1.807) is 0 Å². The van der Waals surface area contributed by atoms with Crippen LogP contribution < -0.4 is 0 Å². The molecule has 2 nitrogen and oxygen atoms in total. The van der Waals surface area contributed by atoms with Gasteiger partial charge in [0, 0.05) is 18.4 Å². The summed E-state index contributed by atoms with van der Waals surface area (Å²) >= 11 is 0. The van der Waals surface area contributed by atoms with Crippen LogP contribution in [-0.4, -0.2) is 16.3 Å². The van der Waals surface area contributed by atoms with Gasteiger partial charge in [0.05, 0.1) is 6.61 Å². The smallest absolute Gasteiger partial charge is 0.0610 e. The third kappa shape index (κ3) is 1.95. The number of aliphatic hydroxyl groups is 1. The fourth-order valence-electron chi connectivity index (χ4n) is 1.06. The molecule has 60 valence electrons. The average Bonchev–Trinajstić information content (AvgIpc) is 2.39. The first-order valence-electron chi connectivity index (χ1n) is 3.77. The van der Waals surface area contributed by atoms with Gasteiger partial charge in [-0.1, -0.05) is 6.08 Å². The zero-order valence-corrected chi connectivity index (χ0v) is 6.70. The molecule has 1 heterocycles. The summed E-state index contributed by atoms with van der Waals surface area (Å²) in [6.45, 7) is 2.85. The first-order valence-corrected chi connectivity index (χ1v) is 3.77. The standard InChI is InChI=1S/C9H13NO/c1-2-4-9-5-3-6-10(9)7-8-11/h2-6,11H,7-8H2,1H3/b4-2+. The lowest BCUT2D eigenvalue weighted by molar-refractivity contribution is 0.276. The molecule has 0 aliphatic heterocycles. The molecule has 0 saturated heterocycles. The Morgan fingerprint density at radius 1 is 1.64 bits per heavy atom. The second-order valence-electron chi connectivity index (χ2n) is 2.35. The summed E-state index contributed by atoms with van der Waals surface area (Å²) in [5.74, 6) is 0. The molecular weight excluding hydrogens is 138 g/mol. The van der Waals surface area contributed by atoms with Crippen LogP contribution >= 0.6 is 0 Å². The van der Waals surface area contributed by atoms with E-state index >= 15 is 0 Å². The van der Waals surface area contributed by atoms with E-state index in [9.17, 15) is 0 Å². The van der Waals surface area contributed by atoms with E-state index in [1.165, 1.54) is 0 Å². The fourth-order valence-corrected chi connectivity index (χ4v) is 1.06. The van der Waals surface area contributed by atoms with Crippen LogP contribution in [0, 0.1) is 0 Å². The molecule has 0 bridgehead atoms. The molecule has 0 radical (unpaired) electrons. The number of hydrogen-bond acceptors (Lipinski definition) is 1. The van der Waals surface area contributed by atoms with Crippen LogP contribution in [0.2, 0.25) is 0 Å². The molecular formula is C9H13NO. The van der Waals surface area contributed by atoms with E-state index in [0.717, 1.165) is 5.69 Å². The van der Waals surface area contributed by atoms with Crippen LogP contribution in [0.15, 0.2) is 24.4 Å². The number of nitrogens with zero attached hydrogens (tertiary/aromatic N) is 1. The fraction of sp³-hybridized carbons (Fsp3) is 0.333. The minimum absolute atomic E-state index is 0.194. The lowest BCUT2D eigenvalue weighted by atomic mass is 10.4. The van der Waals surface area contributed by atoms with Crippen molar-refractivity contribution in [2.24, 2.45) is 0 Å². The number of aromatic nitrogens is 1. The van der Waals surface area contributed by atoms with Crippen LogP contribution in [0.1, 0.15) is 12.6 Å². The molecule has 0 aromatic carbocycles. The zero-order valence-electron chi connectivity index (χ0n) is 6.70. The van der Waals surface area contributed by atoms with Gasteiger partial charge in [-0.15, -0.1) is 0 Å². The summed E-state index contributed by atoms with van der Waals surface area (Å²) in [7, 11) is 0. The van der Waals surface area contributed by atoms with Crippen LogP contribution in [0.25, 0.3) is 6.08 Å². The van der Waals surface area contributed by atoms with Gasteiger partial charge in [0.1, 0.15) is 0 Å². The lowest BCUT2D eigenvalue weighted by Gasteiger charge is -2.01. The van der Waals surface area contributed by atoms with Crippen LogP contribution in [0.3, 0.4) is 0 Å². The van der Waals surface area contributed by atoms with E-state index in [1.807, 2.05) is 42.0 Å². The Morgan fingerprint density at radius 3 is 3.09 bits per heavy atom. The van der Waals surface area contributed by atoms with E-state index in [2.05, 4.69) is 0 Å². The highest BCUT2D eigenvalue weighted by atomic mass is 16.3. The molecule has 1 N–H and O–H groups in total. The molecule has 1 rings (SSSR count). The van der Waals surface area contributed by atoms with Gasteiger partial charge in [-0.05, 0) is 25.1 Å². The molecule has 0 spiro atoms. The molecule has 0 unspecified atom stereocenters. The van der Waals surface area contributed by atoms with Crippen LogP contribution in [-0.2, 0) is 6.54 Å². The normalized spacial score (nSPS) is 11.1. The molecule has 0 amide bonds. The number of hydrogen-bond donors (Lipinski definition) is 1. The molecule has 11 heavy (non-hydrogen) atoms. The van der Waals surface area contributed by atoms with Crippen molar-refractivity contribution in [3.8, 4) is 0 Å². The Balaban J connectivity index is 2.78. The lowest BCUT2D eigenvalue weighted by Crippen LogP contribution is -2.01. The summed E-state index contributed by atoms with van der Waals surface area (Å²) in [6, 6.07) is 4.00. The highest BCUT2D eigenvalue weighted by Crippen LogP contribution is 2.03. The largest absolute Gasteiger partial charge is 0.395 e. The molecule has 0 aliphatic carbocycles. The summed E-state index contributed by atoms with van der Waals surface area (Å²) < 4.78 is 2.01. The third-order valence-electron chi connectivity index (χ3n) is 1.54. The Bertz CT molecular complexity index is 237. The molecule has 0 saturated carbocycles. The van der Waals surface area contributed by atoms with E-state index in [4.69, 9.17) is 5.11 Å². The first kappa shape index (κ1) is 8.08. The predicted molar refractivity (Wildman–Crippen MR) is 46.2 cm³/mol. The predicted octanol–water partition coefficient (Wildman–Crippen LogP) is 1.51. The second kappa shape index (κ2) is 3.98. The van der Waals surface area contributed by atoms with Gasteiger partial charge < -0.3 is 9.67 Å². The van der Waals surface area contributed by atoms with Gasteiger partial charge in [0.2, 0.25) is 0 Å². The average molecular weight is 151 g/mol. The number of rotatable bonds is 3. The molecule has 0 aliphatic rings. The Hall–Kier alpha value is -1.02. The van der Waals surface area contributed by atoms with Gasteiger partial charge in [-0.2, -0.15) is 0 Å². The monoisotopic (exact) mass is 151 g/mol. The van der Waals surface area contributed by atoms with Crippen molar-refractivity contribution in [1.82, 2.24) is 4.57 Å². The molecule has 0 fully saturated rings. The Labute approximate surface area is 66.8 Å². The highest BCUT2D eigenvalue weighted by Gasteiger charge is 1.93. The summed E-state index contributed by atoms with van der Waals surface area (Å²) in [5.41, 5.74) is 1.14. The minimum atomic E-state index is 0.194. The van der Waals surface area contributed by atoms with Gasteiger partial charge in [-0.25, -0.2) is 0 Å². The van der Waals surface area contributed by atoms with E-state index < -0.39 is 0 Å². The maximum absolute atomic E-state index is 8.69. The summed E-state index contributed by atoms with van der Waals surface area (Å²) in [6.07, 6.45) is 5.98. The van der Waals surface area contributed by atoms with Crippen LogP contribution in [0.4, 0.5) is 0 Å². The van der Waals surface area contributed by atoms with Crippen molar-refractivity contribution in [2.75, 3.05) is 6.61 Å². The van der Waals surface area contributed by atoms with Gasteiger partial charge in [0.15, 0.2) is 0 Å².